The highest BCUT2D eigenvalue weighted by Gasteiger charge is 1.89. The van der Waals surface area contributed by atoms with Crippen molar-refractivity contribution in [2.75, 3.05) is 13.1 Å². The Morgan fingerprint density at radius 3 is 2.58 bits per heavy atom. The zero-order valence-corrected chi connectivity index (χ0v) is 8.27. The van der Waals surface area contributed by atoms with Crippen molar-refractivity contribution in [2.24, 2.45) is 10.7 Å². The van der Waals surface area contributed by atoms with Gasteiger partial charge in [-0.2, -0.15) is 0 Å². The van der Waals surface area contributed by atoms with Crippen LogP contribution in [0.1, 0.15) is 39.5 Å². The number of nitrogens with zero attached hydrogens (tertiary/aromatic N) is 1. The van der Waals surface area contributed by atoms with Crippen molar-refractivity contribution in [1.82, 2.24) is 5.32 Å². The predicted molar refractivity (Wildman–Crippen MR) is 54.3 cm³/mol. The van der Waals surface area contributed by atoms with Crippen molar-refractivity contribution in [1.29, 1.82) is 0 Å². The van der Waals surface area contributed by atoms with Gasteiger partial charge in [0.15, 0.2) is 5.96 Å². The summed E-state index contributed by atoms with van der Waals surface area (Å²) in [5.41, 5.74) is 5.58. The fourth-order valence-electron chi connectivity index (χ4n) is 0.880. The third kappa shape index (κ3) is 7.38. The minimum Gasteiger partial charge on any atom is -0.370 e. The molecule has 0 spiro atoms. The molecule has 0 fully saturated rings. The summed E-state index contributed by atoms with van der Waals surface area (Å²) in [6.07, 6.45) is 4.73. The number of nitrogens with two attached hydrogens (primary N) is 1. The second kappa shape index (κ2) is 8.37. The summed E-state index contributed by atoms with van der Waals surface area (Å²) in [4.78, 5) is 4.12. The molecular weight excluding hydrogens is 150 g/mol. The van der Waals surface area contributed by atoms with Crippen LogP contribution in [0.25, 0.3) is 0 Å². The molecular formula is C9H21N3. The van der Waals surface area contributed by atoms with Crippen LogP contribution in [0.4, 0.5) is 0 Å². The normalized spacial score (nSPS) is 11.7. The fraction of sp³-hybridized carbons (Fsp3) is 0.889. The highest BCUT2D eigenvalue weighted by molar-refractivity contribution is 5.77. The third-order valence-corrected chi connectivity index (χ3v) is 1.59. The van der Waals surface area contributed by atoms with E-state index in [1.807, 2.05) is 0 Å². The van der Waals surface area contributed by atoms with Crippen molar-refractivity contribution in [3.63, 3.8) is 0 Å². The monoisotopic (exact) mass is 171 g/mol. The van der Waals surface area contributed by atoms with Crippen molar-refractivity contribution < 1.29 is 0 Å². The van der Waals surface area contributed by atoms with Crippen molar-refractivity contribution in [2.45, 2.75) is 39.5 Å². The summed E-state index contributed by atoms with van der Waals surface area (Å²) in [6, 6.07) is 0. The number of hydrogen-bond acceptors (Lipinski definition) is 1. The van der Waals surface area contributed by atoms with Crippen LogP contribution in [0.3, 0.4) is 0 Å². The summed E-state index contributed by atoms with van der Waals surface area (Å²) in [6.45, 7) is 6.06. The Morgan fingerprint density at radius 2 is 2.00 bits per heavy atom. The van der Waals surface area contributed by atoms with Crippen LogP contribution in [-0.4, -0.2) is 19.0 Å². The first kappa shape index (κ1) is 11.3. The van der Waals surface area contributed by atoms with Gasteiger partial charge in [-0.25, -0.2) is 0 Å². The van der Waals surface area contributed by atoms with Crippen LogP contribution in [0.2, 0.25) is 0 Å². The number of aliphatic imine (C=N–C) groups is 1. The van der Waals surface area contributed by atoms with Crippen LogP contribution >= 0.6 is 0 Å². The molecule has 3 nitrogen and oxygen atoms in total. The van der Waals surface area contributed by atoms with E-state index in [4.69, 9.17) is 5.73 Å². The SMILES string of the molecule is CCCCCNC(N)=NCCC. The molecule has 0 bridgehead atoms. The zero-order chi connectivity index (χ0) is 9.23. The van der Waals surface area contributed by atoms with Crippen LogP contribution in [0.15, 0.2) is 4.99 Å². The maximum atomic E-state index is 5.58. The van der Waals surface area contributed by atoms with E-state index in [9.17, 15) is 0 Å². The molecule has 0 aliphatic carbocycles. The zero-order valence-electron chi connectivity index (χ0n) is 8.27. The van der Waals surface area contributed by atoms with E-state index < -0.39 is 0 Å². The lowest BCUT2D eigenvalue weighted by atomic mass is 10.2. The van der Waals surface area contributed by atoms with E-state index in [-0.39, 0.29) is 0 Å². The quantitative estimate of drug-likeness (QED) is 0.361. The first-order valence-corrected chi connectivity index (χ1v) is 4.85. The molecule has 0 aromatic heterocycles. The lowest BCUT2D eigenvalue weighted by molar-refractivity contribution is 0.692. The number of rotatable bonds is 6. The Bertz CT molecular complexity index is 121. The molecule has 0 unspecified atom stereocenters. The van der Waals surface area contributed by atoms with Crippen molar-refractivity contribution >= 4 is 5.96 Å². The molecule has 0 saturated carbocycles. The molecule has 0 amide bonds. The largest absolute Gasteiger partial charge is 0.370 e. The Morgan fingerprint density at radius 1 is 1.25 bits per heavy atom. The molecule has 12 heavy (non-hydrogen) atoms. The van der Waals surface area contributed by atoms with Crippen LogP contribution < -0.4 is 11.1 Å². The second-order valence-electron chi connectivity index (χ2n) is 2.90. The maximum Gasteiger partial charge on any atom is 0.188 e. The maximum absolute atomic E-state index is 5.58. The van der Waals surface area contributed by atoms with Gasteiger partial charge in [0.1, 0.15) is 0 Å². The van der Waals surface area contributed by atoms with Gasteiger partial charge >= 0.3 is 0 Å². The van der Waals surface area contributed by atoms with Gasteiger partial charge in [-0.05, 0) is 12.8 Å². The van der Waals surface area contributed by atoms with Crippen molar-refractivity contribution in [3.8, 4) is 0 Å². The lowest BCUT2D eigenvalue weighted by Crippen LogP contribution is -2.32. The molecule has 0 aromatic rings. The van der Waals surface area contributed by atoms with Gasteiger partial charge < -0.3 is 11.1 Å². The molecule has 72 valence electrons. The van der Waals surface area contributed by atoms with E-state index in [2.05, 4.69) is 24.2 Å². The summed E-state index contributed by atoms with van der Waals surface area (Å²) >= 11 is 0. The Kier molecular flexibility index (Phi) is 7.86. The molecule has 3 heteroatoms. The minimum atomic E-state index is 0.591. The third-order valence-electron chi connectivity index (χ3n) is 1.59. The van der Waals surface area contributed by atoms with E-state index >= 15 is 0 Å². The average molecular weight is 171 g/mol. The van der Waals surface area contributed by atoms with E-state index in [0.29, 0.717) is 5.96 Å². The number of unbranched alkanes of at least 4 members (excludes halogenated alkanes) is 2. The average Bonchev–Trinajstić information content (AvgIpc) is 2.09. The Balaban J connectivity index is 3.24. The summed E-state index contributed by atoms with van der Waals surface area (Å²) in [7, 11) is 0. The number of hydrogen-bond donors (Lipinski definition) is 2. The van der Waals surface area contributed by atoms with Crippen LogP contribution in [0, 0.1) is 0 Å². The molecule has 0 radical (unpaired) electrons. The molecule has 0 aliphatic heterocycles. The number of nitrogens with one attached hydrogen (secondary N) is 1. The predicted octanol–water partition coefficient (Wildman–Crippen LogP) is 1.49. The Hall–Kier alpha value is -0.730. The van der Waals surface area contributed by atoms with Gasteiger partial charge in [-0.3, -0.25) is 4.99 Å². The molecule has 0 saturated heterocycles. The highest BCUT2D eigenvalue weighted by Crippen LogP contribution is 1.90. The highest BCUT2D eigenvalue weighted by atomic mass is 15.1. The Labute approximate surface area is 75.4 Å². The van der Waals surface area contributed by atoms with Gasteiger partial charge in [-0.1, -0.05) is 26.7 Å². The standard InChI is InChI=1S/C9H21N3/c1-3-5-6-8-12-9(10)11-7-4-2/h3-8H2,1-2H3,(H3,10,11,12). The van der Waals surface area contributed by atoms with Crippen LogP contribution in [0.5, 0.6) is 0 Å². The molecule has 0 aliphatic rings. The van der Waals surface area contributed by atoms with E-state index in [1.165, 1.54) is 19.3 Å². The lowest BCUT2D eigenvalue weighted by Gasteiger charge is -2.03. The fourth-order valence-corrected chi connectivity index (χ4v) is 0.880. The van der Waals surface area contributed by atoms with Crippen LogP contribution in [-0.2, 0) is 0 Å². The van der Waals surface area contributed by atoms with Gasteiger partial charge in [0.25, 0.3) is 0 Å². The summed E-state index contributed by atoms with van der Waals surface area (Å²) in [5, 5.41) is 3.08. The van der Waals surface area contributed by atoms with Gasteiger partial charge in [0, 0.05) is 13.1 Å². The molecule has 0 heterocycles. The van der Waals surface area contributed by atoms with E-state index in [0.717, 1.165) is 19.5 Å². The van der Waals surface area contributed by atoms with E-state index in [1.54, 1.807) is 0 Å². The molecule has 0 rings (SSSR count). The first-order chi connectivity index (χ1) is 5.81. The van der Waals surface area contributed by atoms with Gasteiger partial charge in [0.2, 0.25) is 0 Å². The van der Waals surface area contributed by atoms with Crippen molar-refractivity contribution in [3.05, 3.63) is 0 Å². The topological polar surface area (TPSA) is 50.4 Å². The molecule has 0 atom stereocenters. The summed E-state index contributed by atoms with van der Waals surface area (Å²) in [5.74, 6) is 0.591. The van der Waals surface area contributed by atoms with Gasteiger partial charge in [-0.15, -0.1) is 0 Å². The second-order valence-corrected chi connectivity index (χ2v) is 2.90. The summed E-state index contributed by atoms with van der Waals surface area (Å²) < 4.78 is 0. The molecule has 0 aromatic carbocycles. The molecule has 3 N–H and O–H groups in total. The first-order valence-electron chi connectivity index (χ1n) is 4.85. The minimum absolute atomic E-state index is 0.591. The number of guanidine groups is 1. The van der Waals surface area contributed by atoms with Gasteiger partial charge in [0.05, 0.1) is 0 Å². The smallest absolute Gasteiger partial charge is 0.188 e.